The summed E-state index contributed by atoms with van der Waals surface area (Å²) in [6.07, 6.45) is 3.00. The lowest BCUT2D eigenvalue weighted by Crippen LogP contribution is -2.14. The number of hydrogen-bond acceptors (Lipinski definition) is 4. The van der Waals surface area contributed by atoms with Gasteiger partial charge in [0.25, 0.3) is 10.0 Å². The minimum Gasteiger partial charge on any atom is -0.330 e. The third-order valence-corrected chi connectivity index (χ3v) is 3.55. The Kier molecular flexibility index (Phi) is 3.12. The van der Waals surface area contributed by atoms with Gasteiger partial charge in [-0.3, -0.25) is 0 Å². The number of rotatable bonds is 4. The third-order valence-electron chi connectivity index (χ3n) is 2.20. The van der Waals surface area contributed by atoms with Crippen LogP contribution in [0.25, 0.3) is 0 Å². The average Bonchev–Trinajstić information content (AvgIpc) is 2.81. The highest BCUT2D eigenvalue weighted by molar-refractivity contribution is 7.92. The lowest BCUT2D eigenvalue weighted by atomic mass is 10.2. The van der Waals surface area contributed by atoms with Crippen molar-refractivity contribution in [2.75, 3.05) is 4.72 Å². The lowest BCUT2D eigenvalue weighted by Gasteiger charge is -2.05. The molecule has 0 atom stereocenters. The van der Waals surface area contributed by atoms with Gasteiger partial charge in [0.2, 0.25) is 5.95 Å². The van der Waals surface area contributed by atoms with Gasteiger partial charge < -0.3 is 10.7 Å². The number of nitrogens with two attached hydrogens (primary N) is 1. The quantitative estimate of drug-likeness (QED) is 0.744. The second-order valence-electron chi connectivity index (χ2n) is 3.39. The third kappa shape index (κ3) is 2.63. The van der Waals surface area contributed by atoms with Crippen LogP contribution in [-0.2, 0) is 16.6 Å². The molecule has 1 aromatic heterocycles. The van der Waals surface area contributed by atoms with Crippen molar-refractivity contribution in [3.05, 3.63) is 42.2 Å². The molecule has 1 heterocycles. The number of nitrogens with one attached hydrogen (secondary N) is 2. The smallest absolute Gasteiger partial charge is 0.264 e. The summed E-state index contributed by atoms with van der Waals surface area (Å²) in [6.45, 7) is 0.381. The number of hydrogen-bond donors (Lipinski definition) is 3. The standard InChI is InChI=1S/C10H12N4O2S/c11-7-8-1-3-9(4-2-8)17(15,16)14-10-12-5-6-13-10/h1-6H,7,11H2,(H2,12,13,14). The molecule has 0 aliphatic rings. The van der Waals surface area contributed by atoms with E-state index in [0.29, 0.717) is 6.54 Å². The number of H-pyrrole nitrogens is 1. The SMILES string of the molecule is NCc1ccc(S(=O)(=O)Nc2ncc[nH]2)cc1. The van der Waals surface area contributed by atoms with E-state index in [2.05, 4.69) is 14.7 Å². The summed E-state index contributed by atoms with van der Waals surface area (Å²) in [7, 11) is -3.59. The minimum absolute atomic E-state index is 0.172. The Hall–Kier alpha value is -1.86. The summed E-state index contributed by atoms with van der Waals surface area (Å²) in [5.74, 6) is 0.188. The summed E-state index contributed by atoms with van der Waals surface area (Å²) < 4.78 is 26.1. The first kappa shape index (κ1) is 11.6. The van der Waals surface area contributed by atoms with Crippen LogP contribution < -0.4 is 10.5 Å². The van der Waals surface area contributed by atoms with Crippen molar-refractivity contribution < 1.29 is 8.42 Å². The molecule has 4 N–H and O–H groups in total. The summed E-state index contributed by atoms with van der Waals surface area (Å²) in [6, 6.07) is 6.37. The summed E-state index contributed by atoms with van der Waals surface area (Å²) >= 11 is 0. The number of imidazole rings is 1. The summed E-state index contributed by atoms with van der Waals surface area (Å²) in [5.41, 5.74) is 6.32. The van der Waals surface area contributed by atoms with Crippen LogP contribution in [0.15, 0.2) is 41.6 Å². The van der Waals surface area contributed by atoms with Gasteiger partial charge in [-0.25, -0.2) is 18.1 Å². The molecule has 0 bridgehead atoms. The molecule has 90 valence electrons. The maximum absolute atomic E-state index is 11.9. The maximum Gasteiger partial charge on any atom is 0.264 e. The normalized spacial score (nSPS) is 11.4. The second kappa shape index (κ2) is 4.56. The van der Waals surface area contributed by atoms with Crippen molar-refractivity contribution in [2.24, 2.45) is 5.73 Å². The van der Waals surface area contributed by atoms with Crippen molar-refractivity contribution in [3.8, 4) is 0 Å². The van der Waals surface area contributed by atoms with Crippen LogP contribution in [-0.4, -0.2) is 18.4 Å². The van der Waals surface area contributed by atoms with E-state index in [1.165, 1.54) is 24.5 Å². The zero-order valence-electron chi connectivity index (χ0n) is 8.92. The van der Waals surface area contributed by atoms with Gasteiger partial charge in [-0.1, -0.05) is 12.1 Å². The fourth-order valence-corrected chi connectivity index (χ4v) is 2.29. The fraction of sp³-hybridized carbons (Fsp3) is 0.100. The highest BCUT2D eigenvalue weighted by Crippen LogP contribution is 2.13. The molecule has 1 aromatic carbocycles. The Morgan fingerprint density at radius 3 is 2.53 bits per heavy atom. The summed E-state index contributed by atoms with van der Waals surface area (Å²) in [5, 5.41) is 0. The molecule has 0 amide bonds. The van der Waals surface area contributed by atoms with Gasteiger partial charge >= 0.3 is 0 Å². The molecule has 0 saturated carbocycles. The van der Waals surface area contributed by atoms with Crippen molar-refractivity contribution in [1.82, 2.24) is 9.97 Å². The predicted molar refractivity (Wildman–Crippen MR) is 63.7 cm³/mol. The molecule has 2 aromatic rings. The molecule has 2 rings (SSSR count). The van der Waals surface area contributed by atoms with E-state index in [9.17, 15) is 8.42 Å². The number of aromatic nitrogens is 2. The number of anilines is 1. The molecule has 0 radical (unpaired) electrons. The van der Waals surface area contributed by atoms with Crippen molar-refractivity contribution >= 4 is 16.0 Å². The molecule has 0 saturated heterocycles. The molecule has 6 nitrogen and oxygen atoms in total. The van der Waals surface area contributed by atoms with E-state index >= 15 is 0 Å². The molecule has 0 spiro atoms. The highest BCUT2D eigenvalue weighted by atomic mass is 32.2. The van der Waals surface area contributed by atoms with Gasteiger partial charge in [0.1, 0.15) is 0 Å². The summed E-state index contributed by atoms with van der Waals surface area (Å²) in [4.78, 5) is 6.63. The second-order valence-corrected chi connectivity index (χ2v) is 5.07. The monoisotopic (exact) mass is 252 g/mol. The van der Waals surface area contributed by atoms with Crippen LogP contribution in [0.2, 0.25) is 0 Å². The van der Waals surface area contributed by atoms with Crippen LogP contribution in [0.3, 0.4) is 0 Å². The lowest BCUT2D eigenvalue weighted by molar-refractivity contribution is 0.601. The Balaban J connectivity index is 2.25. The molecule has 0 unspecified atom stereocenters. The molecule has 17 heavy (non-hydrogen) atoms. The largest absolute Gasteiger partial charge is 0.330 e. The maximum atomic E-state index is 11.9. The van der Waals surface area contributed by atoms with E-state index in [1.807, 2.05) is 0 Å². The van der Waals surface area contributed by atoms with Gasteiger partial charge in [-0.2, -0.15) is 0 Å². The molecular formula is C10H12N4O2S. The number of sulfonamides is 1. The highest BCUT2D eigenvalue weighted by Gasteiger charge is 2.14. The van der Waals surface area contributed by atoms with E-state index < -0.39 is 10.0 Å². The number of nitrogens with zero attached hydrogens (tertiary/aromatic N) is 1. The van der Waals surface area contributed by atoms with Crippen LogP contribution in [0.1, 0.15) is 5.56 Å². The minimum atomic E-state index is -3.59. The Bertz CT molecular complexity index is 575. The predicted octanol–water partition coefficient (Wildman–Crippen LogP) is 0.669. The zero-order chi connectivity index (χ0) is 12.3. The van der Waals surface area contributed by atoms with E-state index in [4.69, 9.17) is 5.73 Å². The molecular weight excluding hydrogens is 240 g/mol. The van der Waals surface area contributed by atoms with E-state index in [-0.39, 0.29) is 10.8 Å². The van der Waals surface area contributed by atoms with Crippen molar-refractivity contribution in [1.29, 1.82) is 0 Å². The van der Waals surface area contributed by atoms with Gasteiger partial charge in [-0.15, -0.1) is 0 Å². The van der Waals surface area contributed by atoms with Crippen LogP contribution in [0.5, 0.6) is 0 Å². The Morgan fingerprint density at radius 2 is 2.00 bits per heavy atom. The first-order valence-electron chi connectivity index (χ1n) is 4.93. The van der Waals surface area contributed by atoms with Crippen LogP contribution in [0, 0.1) is 0 Å². The van der Waals surface area contributed by atoms with Crippen LogP contribution in [0.4, 0.5) is 5.95 Å². The number of benzene rings is 1. The molecule has 0 aliphatic carbocycles. The van der Waals surface area contributed by atoms with E-state index in [1.54, 1.807) is 12.1 Å². The van der Waals surface area contributed by atoms with Gasteiger partial charge in [-0.05, 0) is 17.7 Å². The van der Waals surface area contributed by atoms with Crippen molar-refractivity contribution in [3.63, 3.8) is 0 Å². The molecule has 0 aliphatic heterocycles. The topological polar surface area (TPSA) is 101 Å². The van der Waals surface area contributed by atoms with Crippen molar-refractivity contribution in [2.45, 2.75) is 11.4 Å². The number of aromatic amines is 1. The first-order valence-corrected chi connectivity index (χ1v) is 6.41. The zero-order valence-corrected chi connectivity index (χ0v) is 9.74. The Labute approximate surface area is 98.9 Å². The first-order chi connectivity index (χ1) is 8.12. The fourth-order valence-electron chi connectivity index (χ4n) is 1.31. The van der Waals surface area contributed by atoms with Gasteiger partial charge in [0, 0.05) is 18.9 Å². The average molecular weight is 252 g/mol. The van der Waals surface area contributed by atoms with Gasteiger partial charge in [0.05, 0.1) is 4.90 Å². The molecule has 7 heteroatoms. The van der Waals surface area contributed by atoms with E-state index in [0.717, 1.165) is 5.56 Å². The Morgan fingerprint density at radius 1 is 1.29 bits per heavy atom. The molecule has 0 fully saturated rings. The van der Waals surface area contributed by atoms with Crippen LogP contribution >= 0.6 is 0 Å². The van der Waals surface area contributed by atoms with Gasteiger partial charge in [0.15, 0.2) is 0 Å².